The van der Waals surface area contributed by atoms with Crippen LogP contribution in [-0.4, -0.2) is 42.4 Å². The van der Waals surface area contributed by atoms with Crippen molar-refractivity contribution in [2.45, 2.75) is 45.1 Å². The van der Waals surface area contributed by atoms with E-state index >= 15 is 0 Å². The van der Waals surface area contributed by atoms with Gasteiger partial charge in [-0.3, -0.25) is 9.59 Å². The number of carbonyl (C=O) groups is 2. The first-order valence-electron chi connectivity index (χ1n) is 6.70. The lowest BCUT2D eigenvalue weighted by Crippen LogP contribution is -2.57. The van der Waals surface area contributed by atoms with Gasteiger partial charge < -0.3 is 16.0 Å². The number of likely N-dealkylation sites (N-methyl/N-ethyl adjacent to an activating group) is 1. The Labute approximate surface area is 109 Å². The minimum atomic E-state index is -0.789. The quantitative estimate of drug-likeness (QED) is 0.767. The van der Waals surface area contributed by atoms with Crippen molar-refractivity contribution in [3.05, 3.63) is 0 Å². The summed E-state index contributed by atoms with van der Waals surface area (Å²) < 4.78 is 0. The molecule has 3 N–H and O–H groups in total. The van der Waals surface area contributed by atoms with Crippen LogP contribution in [0.4, 0.5) is 0 Å². The largest absolute Gasteiger partial charge is 0.345 e. The number of hydrogen-bond donors (Lipinski definition) is 2. The first kappa shape index (κ1) is 15.0. The Morgan fingerprint density at radius 1 is 1.50 bits per heavy atom. The number of nitrogens with two attached hydrogens (primary N) is 1. The zero-order chi connectivity index (χ0) is 13.8. The number of nitrogens with one attached hydrogen (secondary N) is 1. The molecule has 0 aromatic carbocycles. The van der Waals surface area contributed by atoms with Crippen LogP contribution in [0, 0.1) is 5.92 Å². The molecule has 104 valence electrons. The summed E-state index contributed by atoms with van der Waals surface area (Å²) in [5.41, 5.74) is 5.36. The van der Waals surface area contributed by atoms with E-state index in [2.05, 4.69) is 12.2 Å². The molecule has 2 unspecified atom stereocenters. The molecule has 1 aliphatic rings. The van der Waals surface area contributed by atoms with Crippen molar-refractivity contribution in [2.75, 3.05) is 20.1 Å². The smallest absolute Gasteiger partial charge is 0.241 e. The maximum absolute atomic E-state index is 12.1. The molecule has 0 bridgehead atoms. The number of hydrogen-bond acceptors (Lipinski definition) is 3. The van der Waals surface area contributed by atoms with Crippen LogP contribution in [0.15, 0.2) is 0 Å². The molecular formula is C13H25N3O2. The maximum Gasteiger partial charge on any atom is 0.241 e. The van der Waals surface area contributed by atoms with E-state index in [1.165, 1.54) is 0 Å². The van der Waals surface area contributed by atoms with Gasteiger partial charge in [-0.25, -0.2) is 0 Å². The molecule has 0 aromatic heterocycles. The highest BCUT2D eigenvalue weighted by Crippen LogP contribution is 2.30. The van der Waals surface area contributed by atoms with Crippen molar-refractivity contribution >= 4 is 11.8 Å². The third-order valence-electron chi connectivity index (χ3n) is 3.79. The average Bonchev–Trinajstić information content (AvgIpc) is 2.34. The molecule has 2 amide bonds. The van der Waals surface area contributed by atoms with Crippen molar-refractivity contribution in [3.8, 4) is 0 Å². The van der Waals surface area contributed by atoms with Gasteiger partial charge in [0.2, 0.25) is 11.8 Å². The number of amides is 2. The van der Waals surface area contributed by atoms with E-state index in [1.807, 2.05) is 6.92 Å². The molecule has 0 radical (unpaired) electrons. The summed E-state index contributed by atoms with van der Waals surface area (Å²) in [6.45, 7) is 4.69. The molecule has 5 nitrogen and oxygen atoms in total. The third-order valence-corrected chi connectivity index (χ3v) is 3.79. The Morgan fingerprint density at radius 3 is 2.72 bits per heavy atom. The van der Waals surface area contributed by atoms with Crippen molar-refractivity contribution in [1.29, 1.82) is 0 Å². The second kappa shape index (κ2) is 6.18. The second-order valence-electron chi connectivity index (χ2n) is 5.45. The van der Waals surface area contributed by atoms with Crippen LogP contribution < -0.4 is 11.1 Å². The molecule has 1 rings (SSSR count). The van der Waals surface area contributed by atoms with Crippen LogP contribution in [0.2, 0.25) is 0 Å². The summed E-state index contributed by atoms with van der Waals surface area (Å²) >= 11 is 0. The van der Waals surface area contributed by atoms with E-state index in [4.69, 9.17) is 5.73 Å². The SMILES string of the molecule is CCN(C)C(=O)CNC(=O)C1(N)CCCC(C)C1. The molecule has 0 aromatic rings. The Kier molecular flexibility index (Phi) is 5.14. The van der Waals surface area contributed by atoms with Gasteiger partial charge in [-0.2, -0.15) is 0 Å². The van der Waals surface area contributed by atoms with E-state index < -0.39 is 5.54 Å². The second-order valence-corrected chi connectivity index (χ2v) is 5.45. The Hall–Kier alpha value is -1.10. The molecule has 1 saturated carbocycles. The fourth-order valence-corrected chi connectivity index (χ4v) is 2.44. The number of rotatable bonds is 4. The lowest BCUT2D eigenvalue weighted by atomic mass is 9.76. The lowest BCUT2D eigenvalue weighted by molar-refractivity contribution is -0.134. The van der Waals surface area contributed by atoms with Gasteiger partial charge in [0.1, 0.15) is 0 Å². The Balaban J connectivity index is 2.47. The van der Waals surface area contributed by atoms with Crippen molar-refractivity contribution in [3.63, 3.8) is 0 Å². The molecule has 0 spiro atoms. The van der Waals surface area contributed by atoms with Crippen molar-refractivity contribution in [2.24, 2.45) is 11.7 Å². The van der Waals surface area contributed by atoms with Crippen LogP contribution in [0.3, 0.4) is 0 Å². The van der Waals surface area contributed by atoms with Crippen LogP contribution in [0.5, 0.6) is 0 Å². The lowest BCUT2D eigenvalue weighted by Gasteiger charge is -2.35. The highest BCUT2D eigenvalue weighted by Gasteiger charge is 2.37. The average molecular weight is 255 g/mol. The van der Waals surface area contributed by atoms with Gasteiger partial charge in [0.25, 0.3) is 0 Å². The van der Waals surface area contributed by atoms with Gasteiger partial charge in [0, 0.05) is 13.6 Å². The Morgan fingerprint density at radius 2 is 2.17 bits per heavy atom. The van der Waals surface area contributed by atoms with Crippen molar-refractivity contribution in [1.82, 2.24) is 10.2 Å². The van der Waals surface area contributed by atoms with E-state index in [-0.39, 0.29) is 18.4 Å². The zero-order valence-electron chi connectivity index (χ0n) is 11.7. The summed E-state index contributed by atoms with van der Waals surface area (Å²) in [7, 11) is 1.72. The Bertz CT molecular complexity index is 319. The molecule has 1 aliphatic carbocycles. The molecule has 0 aliphatic heterocycles. The van der Waals surface area contributed by atoms with Gasteiger partial charge in [0.05, 0.1) is 12.1 Å². The third kappa shape index (κ3) is 3.70. The summed E-state index contributed by atoms with van der Waals surface area (Å²) in [5.74, 6) is 0.203. The molecule has 0 heterocycles. The maximum atomic E-state index is 12.1. The highest BCUT2D eigenvalue weighted by molar-refractivity contribution is 5.90. The summed E-state index contributed by atoms with van der Waals surface area (Å²) in [6.07, 6.45) is 3.52. The fourth-order valence-electron chi connectivity index (χ4n) is 2.44. The number of carbonyl (C=O) groups excluding carboxylic acids is 2. The summed E-state index contributed by atoms with van der Waals surface area (Å²) in [6, 6.07) is 0. The summed E-state index contributed by atoms with van der Waals surface area (Å²) in [4.78, 5) is 25.3. The zero-order valence-corrected chi connectivity index (χ0v) is 11.7. The minimum Gasteiger partial charge on any atom is -0.345 e. The van der Waals surface area contributed by atoms with Crippen LogP contribution in [-0.2, 0) is 9.59 Å². The van der Waals surface area contributed by atoms with Gasteiger partial charge in [-0.15, -0.1) is 0 Å². The van der Waals surface area contributed by atoms with Gasteiger partial charge >= 0.3 is 0 Å². The molecule has 1 fully saturated rings. The molecule has 0 saturated heterocycles. The fraction of sp³-hybridized carbons (Fsp3) is 0.846. The molecule has 2 atom stereocenters. The first-order chi connectivity index (χ1) is 8.39. The normalized spacial score (nSPS) is 27.7. The minimum absolute atomic E-state index is 0.0382. The standard InChI is InChI=1S/C13H25N3O2/c1-4-16(3)11(17)9-15-12(18)13(14)7-5-6-10(2)8-13/h10H,4-9,14H2,1-3H3,(H,15,18). The predicted octanol–water partition coefficient (Wildman–Crippen LogP) is 0.489. The van der Waals surface area contributed by atoms with Crippen LogP contribution in [0.25, 0.3) is 0 Å². The van der Waals surface area contributed by atoms with E-state index in [1.54, 1.807) is 11.9 Å². The number of nitrogens with zero attached hydrogens (tertiary/aromatic N) is 1. The van der Waals surface area contributed by atoms with E-state index in [9.17, 15) is 9.59 Å². The van der Waals surface area contributed by atoms with Crippen LogP contribution >= 0.6 is 0 Å². The van der Waals surface area contributed by atoms with Gasteiger partial charge in [-0.05, 0) is 25.7 Å². The van der Waals surface area contributed by atoms with Gasteiger partial charge in [-0.1, -0.05) is 19.8 Å². The highest BCUT2D eigenvalue weighted by atomic mass is 16.2. The molecular weight excluding hydrogens is 230 g/mol. The van der Waals surface area contributed by atoms with Gasteiger partial charge in [0.15, 0.2) is 0 Å². The van der Waals surface area contributed by atoms with Crippen molar-refractivity contribution < 1.29 is 9.59 Å². The van der Waals surface area contributed by atoms with E-state index in [0.717, 1.165) is 12.8 Å². The molecule has 5 heteroatoms. The monoisotopic (exact) mass is 255 g/mol. The predicted molar refractivity (Wildman–Crippen MR) is 70.9 cm³/mol. The first-order valence-corrected chi connectivity index (χ1v) is 6.70. The summed E-state index contributed by atoms with van der Waals surface area (Å²) in [5, 5.41) is 2.67. The molecule has 18 heavy (non-hydrogen) atoms. The topological polar surface area (TPSA) is 75.4 Å². The van der Waals surface area contributed by atoms with E-state index in [0.29, 0.717) is 25.3 Å². The van der Waals surface area contributed by atoms with Crippen LogP contribution in [0.1, 0.15) is 39.5 Å².